The molecule has 8 heteroatoms. The molecule has 1 rings (SSSR count). The van der Waals surface area contributed by atoms with Crippen molar-refractivity contribution in [3.8, 4) is 0 Å². The van der Waals surface area contributed by atoms with Gasteiger partial charge in [-0.05, 0) is 24.1 Å². The molecule has 0 saturated heterocycles. The lowest BCUT2D eigenvalue weighted by Gasteiger charge is -2.03. The van der Waals surface area contributed by atoms with Crippen LogP contribution in [0.4, 0.5) is 5.69 Å². The number of nitro groups is 1. The summed E-state index contributed by atoms with van der Waals surface area (Å²) in [6, 6.07) is 5.32. The average molecular weight is 249 g/mol. The van der Waals surface area contributed by atoms with E-state index < -0.39 is 4.92 Å². The topological polar surface area (TPSA) is 121 Å². The van der Waals surface area contributed by atoms with E-state index in [2.05, 4.69) is 15.3 Å². The van der Waals surface area contributed by atoms with E-state index in [0.29, 0.717) is 25.1 Å². The first-order chi connectivity index (χ1) is 8.65. The van der Waals surface area contributed by atoms with Gasteiger partial charge >= 0.3 is 0 Å². The summed E-state index contributed by atoms with van der Waals surface area (Å²) in [4.78, 5) is 24.1. The van der Waals surface area contributed by atoms with Crippen LogP contribution in [0.5, 0.6) is 0 Å². The summed E-state index contributed by atoms with van der Waals surface area (Å²) < 4.78 is 0. The predicted molar refractivity (Wildman–Crippen MR) is 64.1 cm³/mol. The maximum Gasteiger partial charge on any atom is 0.269 e. The van der Waals surface area contributed by atoms with E-state index in [1.807, 2.05) is 0 Å². The quantitative estimate of drug-likeness (QED) is 0.207. The highest BCUT2D eigenvalue weighted by molar-refractivity contribution is 5.94. The third-order valence-electron chi connectivity index (χ3n) is 2.12. The van der Waals surface area contributed by atoms with Crippen molar-refractivity contribution in [2.75, 3.05) is 13.1 Å². The smallest absolute Gasteiger partial charge is 0.269 e. The second-order valence-electron chi connectivity index (χ2n) is 3.37. The molecule has 0 saturated carbocycles. The van der Waals surface area contributed by atoms with Gasteiger partial charge in [0.05, 0.1) is 4.92 Å². The molecular formula is C10H11N5O3. The van der Waals surface area contributed by atoms with E-state index in [1.165, 1.54) is 24.3 Å². The Labute approximate surface area is 102 Å². The number of carbonyl (C=O) groups is 1. The summed E-state index contributed by atoms with van der Waals surface area (Å²) >= 11 is 0. The average Bonchev–Trinajstić information content (AvgIpc) is 2.38. The van der Waals surface area contributed by atoms with Crippen molar-refractivity contribution < 1.29 is 9.72 Å². The SMILES string of the molecule is [N-]=[N+]=NCCCNC(=O)c1ccc([N+](=O)[O-])cc1. The number of nitro benzene ring substituents is 1. The van der Waals surface area contributed by atoms with Crippen LogP contribution in [0.3, 0.4) is 0 Å². The first kappa shape index (κ1) is 13.5. The van der Waals surface area contributed by atoms with Gasteiger partial charge in [-0.1, -0.05) is 5.11 Å². The molecule has 1 aromatic rings. The van der Waals surface area contributed by atoms with Gasteiger partial charge in [0.2, 0.25) is 0 Å². The molecule has 0 fully saturated rings. The number of nitrogens with one attached hydrogen (secondary N) is 1. The number of hydrogen-bond acceptors (Lipinski definition) is 4. The minimum Gasteiger partial charge on any atom is -0.352 e. The normalized spacial score (nSPS) is 9.33. The van der Waals surface area contributed by atoms with Crippen molar-refractivity contribution in [3.63, 3.8) is 0 Å². The highest BCUT2D eigenvalue weighted by Crippen LogP contribution is 2.11. The van der Waals surface area contributed by atoms with E-state index >= 15 is 0 Å². The van der Waals surface area contributed by atoms with Gasteiger partial charge in [-0.3, -0.25) is 14.9 Å². The molecule has 1 amide bonds. The third-order valence-corrected chi connectivity index (χ3v) is 2.12. The fourth-order valence-electron chi connectivity index (χ4n) is 1.23. The standard InChI is InChI=1S/C10H11N5O3/c11-14-13-7-1-6-12-10(16)8-2-4-9(5-3-8)15(17)18/h2-5H,1,6-7H2,(H,12,16). The molecule has 8 nitrogen and oxygen atoms in total. The first-order valence-electron chi connectivity index (χ1n) is 5.18. The van der Waals surface area contributed by atoms with Crippen molar-refractivity contribution >= 4 is 11.6 Å². The second kappa shape index (κ2) is 6.87. The Bertz CT molecular complexity index is 479. The van der Waals surface area contributed by atoms with Gasteiger partial charge in [0.1, 0.15) is 0 Å². The summed E-state index contributed by atoms with van der Waals surface area (Å²) in [6.07, 6.45) is 0.544. The van der Waals surface area contributed by atoms with Gasteiger partial charge in [-0.25, -0.2) is 0 Å². The molecule has 18 heavy (non-hydrogen) atoms. The minimum atomic E-state index is -0.526. The molecule has 0 aliphatic rings. The van der Waals surface area contributed by atoms with Crippen molar-refractivity contribution in [3.05, 3.63) is 50.4 Å². The van der Waals surface area contributed by atoms with Gasteiger partial charge in [0, 0.05) is 35.7 Å². The number of carbonyl (C=O) groups excluding carboxylic acids is 1. The van der Waals surface area contributed by atoms with E-state index in [1.54, 1.807) is 0 Å². The summed E-state index contributed by atoms with van der Waals surface area (Å²) in [5.74, 6) is -0.314. The Morgan fingerprint density at radius 2 is 2.11 bits per heavy atom. The summed E-state index contributed by atoms with van der Waals surface area (Å²) in [7, 11) is 0. The number of amides is 1. The Kier molecular flexibility index (Phi) is 5.14. The zero-order valence-corrected chi connectivity index (χ0v) is 9.44. The van der Waals surface area contributed by atoms with Crippen molar-refractivity contribution in [2.24, 2.45) is 5.11 Å². The highest BCUT2D eigenvalue weighted by atomic mass is 16.6. The van der Waals surface area contributed by atoms with Crippen LogP contribution < -0.4 is 5.32 Å². The zero-order chi connectivity index (χ0) is 13.4. The van der Waals surface area contributed by atoms with E-state index in [-0.39, 0.29) is 11.6 Å². The summed E-state index contributed by atoms with van der Waals surface area (Å²) in [6.45, 7) is 0.700. The van der Waals surface area contributed by atoms with E-state index in [0.717, 1.165) is 0 Å². The Balaban J connectivity index is 2.46. The molecule has 0 unspecified atom stereocenters. The van der Waals surface area contributed by atoms with Crippen molar-refractivity contribution in [1.29, 1.82) is 0 Å². The van der Waals surface area contributed by atoms with Crippen LogP contribution >= 0.6 is 0 Å². The number of benzene rings is 1. The van der Waals surface area contributed by atoms with Crippen molar-refractivity contribution in [1.82, 2.24) is 5.32 Å². The predicted octanol–water partition coefficient (Wildman–Crippen LogP) is 2.02. The molecule has 1 N–H and O–H groups in total. The third kappa shape index (κ3) is 4.11. The van der Waals surface area contributed by atoms with Crippen molar-refractivity contribution in [2.45, 2.75) is 6.42 Å². The summed E-state index contributed by atoms with van der Waals surface area (Å²) in [5.41, 5.74) is 8.33. The zero-order valence-electron chi connectivity index (χ0n) is 9.44. The maximum absolute atomic E-state index is 11.6. The molecular weight excluding hydrogens is 238 g/mol. The number of non-ortho nitro benzene ring substituents is 1. The van der Waals surface area contributed by atoms with Crippen LogP contribution in [0.15, 0.2) is 29.4 Å². The molecule has 1 aromatic carbocycles. The second-order valence-corrected chi connectivity index (χ2v) is 3.37. The molecule has 0 spiro atoms. The molecule has 0 radical (unpaired) electrons. The van der Waals surface area contributed by atoms with Gasteiger partial charge < -0.3 is 5.32 Å². The fraction of sp³-hybridized carbons (Fsp3) is 0.300. The lowest BCUT2D eigenvalue weighted by atomic mass is 10.2. The van der Waals surface area contributed by atoms with Crippen LogP contribution in [0.1, 0.15) is 16.8 Å². The van der Waals surface area contributed by atoms with Crippen LogP contribution in [0, 0.1) is 10.1 Å². The maximum atomic E-state index is 11.6. The van der Waals surface area contributed by atoms with Gasteiger partial charge in [-0.15, -0.1) is 0 Å². The Morgan fingerprint density at radius 1 is 1.44 bits per heavy atom. The molecule has 0 atom stereocenters. The number of nitrogens with zero attached hydrogens (tertiary/aromatic N) is 4. The number of rotatable bonds is 6. The van der Waals surface area contributed by atoms with Gasteiger partial charge in [0.15, 0.2) is 0 Å². The molecule has 0 aromatic heterocycles. The Morgan fingerprint density at radius 3 is 2.67 bits per heavy atom. The summed E-state index contributed by atoms with van der Waals surface area (Å²) in [5, 5.41) is 16.4. The largest absolute Gasteiger partial charge is 0.352 e. The molecule has 0 aliphatic heterocycles. The molecule has 94 valence electrons. The minimum absolute atomic E-state index is 0.0603. The number of azide groups is 1. The molecule has 0 bridgehead atoms. The van der Waals surface area contributed by atoms with E-state index in [4.69, 9.17) is 5.53 Å². The Hall–Kier alpha value is -2.60. The fourth-order valence-corrected chi connectivity index (χ4v) is 1.23. The number of hydrogen-bond donors (Lipinski definition) is 1. The lowest BCUT2D eigenvalue weighted by Crippen LogP contribution is -2.24. The van der Waals surface area contributed by atoms with Crippen LogP contribution in [-0.2, 0) is 0 Å². The van der Waals surface area contributed by atoms with Gasteiger partial charge in [0.25, 0.3) is 11.6 Å². The monoisotopic (exact) mass is 249 g/mol. The van der Waals surface area contributed by atoms with Gasteiger partial charge in [-0.2, -0.15) is 0 Å². The first-order valence-corrected chi connectivity index (χ1v) is 5.18. The lowest BCUT2D eigenvalue weighted by molar-refractivity contribution is -0.384. The van der Waals surface area contributed by atoms with Crippen LogP contribution in [0.2, 0.25) is 0 Å². The molecule has 0 heterocycles. The molecule has 0 aliphatic carbocycles. The van der Waals surface area contributed by atoms with Crippen LogP contribution in [0.25, 0.3) is 10.4 Å². The highest BCUT2D eigenvalue weighted by Gasteiger charge is 2.08. The van der Waals surface area contributed by atoms with E-state index in [9.17, 15) is 14.9 Å². The van der Waals surface area contributed by atoms with Crippen LogP contribution in [-0.4, -0.2) is 23.9 Å².